The Morgan fingerprint density at radius 3 is 2.41 bits per heavy atom. The Morgan fingerprint density at radius 1 is 1.19 bits per heavy atom. The van der Waals surface area contributed by atoms with E-state index < -0.39 is 18.0 Å². The predicted molar refractivity (Wildman–Crippen MR) is 99.7 cm³/mol. The quantitative estimate of drug-likeness (QED) is 0.671. The van der Waals surface area contributed by atoms with Gasteiger partial charge in [0.2, 0.25) is 5.91 Å². The molecule has 146 valence electrons. The zero-order chi connectivity index (χ0) is 20.0. The van der Waals surface area contributed by atoms with Crippen LogP contribution >= 0.6 is 11.8 Å². The molecule has 1 aromatic rings. The number of nitrogens with zero attached hydrogens (tertiary/aromatic N) is 1. The van der Waals surface area contributed by atoms with Gasteiger partial charge in [-0.05, 0) is 45.0 Å². The summed E-state index contributed by atoms with van der Waals surface area (Å²) in [6.45, 7) is 5.44. The lowest BCUT2D eigenvalue weighted by atomic mass is 10.2. The van der Waals surface area contributed by atoms with Crippen LogP contribution in [0, 0.1) is 0 Å². The number of thioether (sulfide) groups is 1. The fraction of sp³-hybridized carbons (Fsp3) is 0.444. The van der Waals surface area contributed by atoms with Crippen molar-refractivity contribution in [1.82, 2.24) is 10.2 Å². The van der Waals surface area contributed by atoms with E-state index in [1.165, 1.54) is 6.92 Å². The number of benzene rings is 1. The molecule has 1 fully saturated rings. The number of esters is 1. The normalized spacial score (nSPS) is 15.0. The zero-order valence-corrected chi connectivity index (χ0v) is 16.2. The van der Waals surface area contributed by atoms with Crippen molar-refractivity contribution in [3.8, 4) is 5.75 Å². The number of carbonyl (C=O) groups excluding carboxylic acids is 4. The van der Waals surface area contributed by atoms with Gasteiger partial charge in [-0.3, -0.25) is 19.3 Å². The summed E-state index contributed by atoms with van der Waals surface area (Å²) in [5.41, 5.74) is 0.302. The highest BCUT2D eigenvalue weighted by atomic mass is 32.2. The average molecular weight is 394 g/mol. The van der Waals surface area contributed by atoms with E-state index >= 15 is 0 Å². The lowest BCUT2D eigenvalue weighted by molar-refractivity contribution is -0.130. The van der Waals surface area contributed by atoms with Gasteiger partial charge in [0.25, 0.3) is 11.1 Å². The van der Waals surface area contributed by atoms with Crippen LogP contribution in [0.1, 0.15) is 31.1 Å². The Labute approximate surface area is 161 Å². The maximum absolute atomic E-state index is 12.1. The summed E-state index contributed by atoms with van der Waals surface area (Å²) in [5, 5.41) is 2.23. The first kappa shape index (κ1) is 20.8. The molecule has 9 heteroatoms. The Morgan fingerprint density at radius 2 is 1.85 bits per heavy atom. The second-order valence-electron chi connectivity index (χ2n) is 6.13. The summed E-state index contributed by atoms with van der Waals surface area (Å²) in [6, 6.07) is 6.44. The van der Waals surface area contributed by atoms with E-state index in [1.54, 1.807) is 24.3 Å². The minimum atomic E-state index is -1.01. The molecule has 0 radical (unpaired) electrons. The first-order valence-electron chi connectivity index (χ1n) is 8.50. The first-order chi connectivity index (χ1) is 12.8. The molecule has 1 atom stereocenters. The first-order valence-corrected chi connectivity index (χ1v) is 9.49. The number of rotatable bonds is 8. The summed E-state index contributed by atoms with van der Waals surface area (Å²) in [4.78, 5) is 48.2. The van der Waals surface area contributed by atoms with Crippen molar-refractivity contribution in [3.63, 3.8) is 0 Å². The minimum absolute atomic E-state index is 0.0243. The average Bonchev–Trinajstić information content (AvgIpc) is 2.93. The van der Waals surface area contributed by atoms with Gasteiger partial charge in [0.05, 0.1) is 17.4 Å². The van der Waals surface area contributed by atoms with Crippen molar-refractivity contribution < 1.29 is 28.7 Å². The summed E-state index contributed by atoms with van der Waals surface area (Å²) in [5.74, 6) is -0.646. The van der Waals surface area contributed by atoms with E-state index in [1.807, 2.05) is 13.8 Å². The fourth-order valence-electron chi connectivity index (χ4n) is 2.26. The van der Waals surface area contributed by atoms with Crippen LogP contribution < -0.4 is 10.1 Å². The molecule has 27 heavy (non-hydrogen) atoms. The van der Waals surface area contributed by atoms with E-state index in [-0.39, 0.29) is 36.1 Å². The maximum atomic E-state index is 12.1. The van der Waals surface area contributed by atoms with Gasteiger partial charge in [0.15, 0.2) is 6.10 Å². The van der Waals surface area contributed by atoms with E-state index in [2.05, 4.69) is 5.32 Å². The Balaban J connectivity index is 1.78. The van der Waals surface area contributed by atoms with Crippen LogP contribution in [0.4, 0.5) is 4.79 Å². The highest BCUT2D eigenvalue weighted by Gasteiger charge is 2.29. The number of imide groups is 1. The van der Waals surface area contributed by atoms with Gasteiger partial charge in [0, 0.05) is 13.1 Å². The molecular weight excluding hydrogens is 372 g/mol. The van der Waals surface area contributed by atoms with Crippen LogP contribution in [-0.2, 0) is 14.3 Å². The van der Waals surface area contributed by atoms with Gasteiger partial charge >= 0.3 is 5.97 Å². The Hall–Kier alpha value is -2.55. The molecule has 1 saturated heterocycles. The van der Waals surface area contributed by atoms with Crippen molar-refractivity contribution in [1.29, 1.82) is 0 Å². The lowest BCUT2D eigenvalue weighted by Crippen LogP contribution is -2.41. The molecule has 8 nitrogen and oxygen atoms in total. The van der Waals surface area contributed by atoms with Crippen molar-refractivity contribution in [2.75, 3.05) is 18.8 Å². The van der Waals surface area contributed by atoms with E-state index in [4.69, 9.17) is 9.47 Å². The van der Waals surface area contributed by atoms with Crippen LogP contribution in [0.25, 0.3) is 0 Å². The molecule has 1 aliphatic heterocycles. The zero-order valence-electron chi connectivity index (χ0n) is 15.4. The number of amides is 3. The minimum Gasteiger partial charge on any atom is -0.491 e. The number of nitrogens with one attached hydrogen (secondary N) is 1. The molecule has 2 rings (SSSR count). The third kappa shape index (κ3) is 5.99. The summed E-state index contributed by atoms with van der Waals surface area (Å²) >= 11 is 0.935. The lowest BCUT2D eigenvalue weighted by Gasteiger charge is -2.16. The smallest absolute Gasteiger partial charge is 0.338 e. The number of ether oxygens (including phenoxy) is 2. The van der Waals surface area contributed by atoms with Crippen LogP contribution in [0.15, 0.2) is 24.3 Å². The van der Waals surface area contributed by atoms with Crippen LogP contribution in [0.2, 0.25) is 0 Å². The third-order valence-electron chi connectivity index (χ3n) is 3.59. The fourth-order valence-corrected chi connectivity index (χ4v) is 3.01. The molecule has 1 aliphatic rings. The van der Waals surface area contributed by atoms with Gasteiger partial charge < -0.3 is 14.8 Å². The molecule has 3 amide bonds. The van der Waals surface area contributed by atoms with Crippen LogP contribution in [-0.4, -0.2) is 59.0 Å². The molecule has 1 aromatic carbocycles. The topological polar surface area (TPSA) is 102 Å². The summed E-state index contributed by atoms with van der Waals surface area (Å²) in [7, 11) is 0. The van der Waals surface area contributed by atoms with Gasteiger partial charge in [0.1, 0.15) is 5.75 Å². The number of carbonyl (C=O) groups is 4. The summed E-state index contributed by atoms with van der Waals surface area (Å²) in [6.07, 6.45) is -0.986. The largest absolute Gasteiger partial charge is 0.491 e. The van der Waals surface area contributed by atoms with Gasteiger partial charge in [-0.15, -0.1) is 0 Å². The molecule has 0 bridgehead atoms. The van der Waals surface area contributed by atoms with Gasteiger partial charge in [-0.2, -0.15) is 0 Å². The van der Waals surface area contributed by atoms with Crippen molar-refractivity contribution in [2.24, 2.45) is 0 Å². The van der Waals surface area contributed by atoms with Gasteiger partial charge in [-0.1, -0.05) is 11.8 Å². The maximum Gasteiger partial charge on any atom is 0.338 e. The monoisotopic (exact) mass is 394 g/mol. The number of hydrogen-bond donors (Lipinski definition) is 1. The van der Waals surface area contributed by atoms with Crippen molar-refractivity contribution in [2.45, 2.75) is 33.0 Å². The van der Waals surface area contributed by atoms with Crippen LogP contribution in [0.3, 0.4) is 0 Å². The standard InChI is InChI=1S/C18H22N2O6S/c1-11(2)25-14-6-4-13(5-7-14)17(23)26-12(3)16(22)19-8-9-20-15(21)10-27-18(20)24/h4-7,11-12H,8-10H2,1-3H3,(H,19,22)/t12-/m1/s1. The summed E-state index contributed by atoms with van der Waals surface area (Å²) < 4.78 is 10.6. The van der Waals surface area contributed by atoms with E-state index in [0.29, 0.717) is 11.3 Å². The molecule has 0 aliphatic carbocycles. The highest BCUT2D eigenvalue weighted by Crippen LogP contribution is 2.18. The van der Waals surface area contributed by atoms with Crippen LogP contribution in [0.5, 0.6) is 5.75 Å². The molecular formula is C18H22N2O6S. The SMILES string of the molecule is CC(C)Oc1ccc(C(=O)O[C@H](C)C(=O)NCCN2C(=O)CSC2=O)cc1. The van der Waals surface area contributed by atoms with E-state index in [0.717, 1.165) is 16.7 Å². The third-order valence-corrected chi connectivity index (χ3v) is 4.45. The molecule has 0 spiro atoms. The molecule has 1 N–H and O–H groups in total. The Bertz CT molecular complexity index is 703. The van der Waals surface area contributed by atoms with Crippen molar-refractivity contribution in [3.05, 3.63) is 29.8 Å². The Kier molecular flexibility index (Phi) is 7.23. The molecule has 0 saturated carbocycles. The molecule has 1 heterocycles. The highest BCUT2D eigenvalue weighted by molar-refractivity contribution is 8.14. The van der Waals surface area contributed by atoms with E-state index in [9.17, 15) is 19.2 Å². The second-order valence-corrected chi connectivity index (χ2v) is 7.06. The van der Waals surface area contributed by atoms with Crippen molar-refractivity contribution >= 4 is 34.8 Å². The van der Waals surface area contributed by atoms with Gasteiger partial charge in [-0.25, -0.2) is 4.79 Å². The number of hydrogen-bond acceptors (Lipinski definition) is 7. The predicted octanol–water partition coefficient (Wildman–Crippen LogP) is 1.83. The molecule has 0 aromatic heterocycles. The molecule has 0 unspecified atom stereocenters. The second kappa shape index (κ2) is 9.40.